The molecule has 8 fully saturated rings. The van der Waals surface area contributed by atoms with Crippen LogP contribution in [0.4, 0.5) is 0 Å². The Bertz CT molecular complexity index is 1190. The van der Waals surface area contributed by atoms with Gasteiger partial charge in [0.25, 0.3) is 0 Å². The highest BCUT2D eigenvalue weighted by Gasteiger charge is 2.56. The first kappa shape index (κ1) is 39.6. The van der Waals surface area contributed by atoms with Gasteiger partial charge in [-0.15, -0.1) is 0 Å². The highest BCUT2D eigenvalue weighted by Crippen LogP contribution is 2.61. The van der Waals surface area contributed by atoms with Crippen molar-refractivity contribution in [3.63, 3.8) is 0 Å². The highest BCUT2D eigenvalue weighted by molar-refractivity contribution is 6.67. The third kappa shape index (κ3) is 10.7. The number of aliphatic hydroxyl groups is 1. The zero-order chi connectivity index (χ0) is 36.4. The standard InChI is InChI=1S/C20H30O4.C16H26O3.C4H5ClO/c1-13(2)17(21)24-19(3,4)5-6-23-18(22)20-10-14-7-15(11-20)9-16(8-14)12-20;1-15(2,18)3-4-19-14(17)16-8-11-5-12(9-16)7-13(6-11)10-16;1-3(2)4(5)6/h14-16H,1,5-12H2,2-4H3;11-13,18H,3-10H2,1-2H3;1H2,2H3. The molecule has 8 aliphatic carbocycles. The van der Waals surface area contributed by atoms with E-state index in [0.717, 1.165) is 74.0 Å². The topological polar surface area (TPSA) is 116 Å². The molecular formula is C40H61ClO8. The number of rotatable bonds is 11. The quantitative estimate of drug-likeness (QED) is 0.0989. The molecule has 0 unspecified atom stereocenters. The summed E-state index contributed by atoms with van der Waals surface area (Å²) in [7, 11) is 0. The molecule has 8 aliphatic rings. The Kier molecular flexibility index (Phi) is 12.6. The van der Waals surface area contributed by atoms with Crippen molar-refractivity contribution in [2.24, 2.45) is 46.3 Å². The second kappa shape index (κ2) is 15.6. The van der Waals surface area contributed by atoms with Crippen molar-refractivity contribution in [1.82, 2.24) is 0 Å². The number of hydrogen-bond acceptors (Lipinski definition) is 8. The van der Waals surface area contributed by atoms with Gasteiger partial charge in [-0.2, -0.15) is 0 Å². The summed E-state index contributed by atoms with van der Waals surface area (Å²) in [4.78, 5) is 46.7. The number of carbonyl (C=O) groups is 4. The molecule has 276 valence electrons. The zero-order valence-corrected chi connectivity index (χ0v) is 31.6. The fraction of sp³-hybridized carbons (Fsp3) is 0.800. The molecule has 0 amide bonds. The Labute approximate surface area is 299 Å². The van der Waals surface area contributed by atoms with Crippen LogP contribution in [-0.4, -0.2) is 52.7 Å². The van der Waals surface area contributed by atoms with E-state index in [-0.39, 0.29) is 22.8 Å². The normalized spacial score (nSPS) is 33.3. The Morgan fingerprint density at radius 1 is 0.653 bits per heavy atom. The van der Waals surface area contributed by atoms with E-state index in [1.807, 2.05) is 13.8 Å². The molecule has 49 heavy (non-hydrogen) atoms. The number of halogens is 1. The first-order valence-corrected chi connectivity index (χ1v) is 18.9. The van der Waals surface area contributed by atoms with Crippen molar-refractivity contribution in [2.75, 3.05) is 13.2 Å². The largest absolute Gasteiger partial charge is 0.465 e. The van der Waals surface area contributed by atoms with Crippen LogP contribution >= 0.6 is 11.6 Å². The van der Waals surface area contributed by atoms with E-state index in [1.54, 1.807) is 27.7 Å². The fourth-order valence-corrected chi connectivity index (χ4v) is 10.2. The van der Waals surface area contributed by atoms with E-state index in [0.29, 0.717) is 37.2 Å². The van der Waals surface area contributed by atoms with E-state index in [1.165, 1.54) is 38.5 Å². The van der Waals surface area contributed by atoms with Crippen molar-refractivity contribution >= 4 is 34.8 Å². The van der Waals surface area contributed by atoms with Gasteiger partial charge in [-0.1, -0.05) is 13.2 Å². The van der Waals surface area contributed by atoms with Gasteiger partial charge in [0, 0.05) is 24.0 Å². The molecule has 0 aromatic rings. The van der Waals surface area contributed by atoms with Gasteiger partial charge in [-0.25, -0.2) is 4.79 Å². The lowest BCUT2D eigenvalue weighted by molar-refractivity contribution is -0.174. The first-order chi connectivity index (χ1) is 22.7. The molecule has 8 bridgehead atoms. The fourth-order valence-electron chi connectivity index (χ4n) is 10.2. The number of esters is 3. The number of allylic oxidation sites excluding steroid dienone is 1. The van der Waals surface area contributed by atoms with E-state index in [2.05, 4.69) is 13.2 Å². The average molecular weight is 705 g/mol. The van der Waals surface area contributed by atoms with Gasteiger partial charge >= 0.3 is 17.9 Å². The van der Waals surface area contributed by atoms with Crippen molar-refractivity contribution in [2.45, 2.75) is 143 Å². The molecule has 0 saturated heterocycles. The molecule has 0 atom stereocenters. The predicted octanol–water partition coefficient (Wildman–Crippen LogP) is 8.27. The summed E-state index contributed by atoms with van der Waals surface area (Å²) >= 11 is 4.87. The van der Waals surface area contributed by atoms with Crippen molar-refractivity contribution in [1.29, 1.82) is 0 Å². The molecule has 1 N–H and O–H groups in total. The molecule has 0 spiro atoms. The summed E-state index contributed by atoms with van der Waals surface area (Å²) in [6.45, 7) is 17.9. The smallest absolute Gasteiger partial charge is 0.333 e. The molecule has 0 heterocycles. The highest BCUT2D eigenvalue weighted by atomic mass is 35.5. The van der Waals surface area contributed by atoms with Crippen LogP contribution in [0, 0.1) is 46.3 Å². The molecule has 8 nitrogen and oxygen atoms in total. The number of hydrogen-bond donors (Lipinski definition) is 1. The minimum Gasteiger partial charge on any atom is -0.465 e. The lowest BCUT2D eigenvalue weighted by Gasteiger charge is -2.55. The van der Waals surface area contributed by atoms with Crippen LogP contribution in [-0.2, 0) is 33.4 Å². The zero-order valence-electron chi connectivity index (χ0n) is 30.9. The lowest BCUT2D eigenvalue weighted by atomic mass is 9.49. The molecule has 0 aromatic heterocycles. The lowest BCUT2D eigenvalue weighted by Crippen LogP contribution is -2.50. The average Bonchev–Trinajstić information content (AvgIpc) is 2.95. The first-order valence-electron chi connectivity index (χ1n) is 18.5. The Morgan fingerprint density at radius 3 is 1.22 bits per heavy atom. The minimum atomic E-state index is -0.748. The van der Waals surface area contributed by atoms with E-state index >= 15 is 0 Å². The van der Waals surface area contributed by atoms with Crippen LogP contribution in [0.1, 0.15) is 131 Å². The molecule has 0 aliphatic heterocycles. The maximum Gasteiger partial charge on any atom is 0.333 e. The van der Waals surface area contributed by atoms with Gasteiger partial charge in [-0.3, -0.25) is 14.4 Å². The van der Waals surface area contributed by atoms with Crippen LogP contribution in [0.15, 0.2) is 24.3 Å². The van der Waals surface area contributed by atoms with Gasteiger partial charge in [0.15, 0.2) is 0 Å². The second-order valence-corrected chi connectivity index (χ2v) is 18.3. The van der Waals surface area contributed by atoms with Gasteiger partial charge in [0.05, 0.1) is 29.6 Å². The van der Waals surface area contributed by atoms with Gasteiger partial charge in [0.2, 0.25) is 5.24 Å². The Balaban J connectivity index is 0.000000193. The molecule has 9 heteroatoms. The van der Waals surface area contributed by atoms with Crippen LogP contribution < -0.4 is 0 Å². The minimum absolute atomic E-state index is 0.0105. The van der Waals surface area contributed by atoms with Gasteiger partial charge < -0.3 is 19.3 Å². The Hall–Kier alpha value is -2.19. The molecule has 8 rings (SSSR count). The molecule has 0 radical (unpaired) electrons. The number of carbonyl (C=O) groups excluding carboxylic acids is 4. The van der Waals surface area contributed by atoms with Crippen LogP contribution in [0.5, 0.6) is 0 Å². The summed E-state index contributed by atoms with van der Waals surface area (Å²) in [6, 6.07) is 0. The monoisotopic (exact) mass is 704 g/mol. The van der Waals surface area contributed by atoms with Crippen LogP contribution in [0.25, 0.3) is 0 Å². The summed E-state index contributed by atoms with van der Waals surface area (Å²) in [6.07, 6.45) is 15.2. The molecule has 0 aromatic carbocycles. The van der Waals surface area contributed by atoms with Crippen molar-refractivity contribution < 1.29 is 38.5 Å². The third-order valence-corrected chi connectivity index (χ3v) is 12.2. The Morgan fingerprint density at radius 2 is 0.959 bits per heavy atom. The molecule has 8 saturated carbocycles. The van der Waals surface area contributed by atoms with Crippen molar-refractivity contribution in [3.05, 3.63) is 24.3 Å². The summed E-state index contributed by atoms with van der Waals surface area (Å²) in [5.74, 6) is 4.13. The summed E-state index contributed by atoms with van der Waals surface area (Å²) in [5.41, 5.74) is -1.01. The third-order valence-electron chi connectivity index (χ3n) is 11.9. The van der Waals surface area contributed by atoms with Crippen LogP contribution in [0.3, 0.4) is 0 Å². The summed E-state index contributed by atoms with van der Waals surface area (Å²) < 4.78 is 16.6. The summed E-state index contributed by atoms with van der Waals surface area (Å²) in [5, 5.41) is 9.21. The predicted molar refractivity (Wildman–Crippen MR) is 189 cm³/mol. The second-order valence-electron chi connectivity index (χ2n) is 18.0. The van der Waals surface area contributed by atoms with Crippen molar-refractivity contribution in [3.8, 4) is 0 Å². The maximum atomic E-state index is 12.8. The van der Waals surface area contributed by atoms with Gasteiger partial charge in [0.1, 0.15) is 5.60 Å². The number of ether oxygens (including phenoxy) is 3. The van der Waals surface area contributed by atoms with E-state index in [4.69, 9.17) is 25.8 Å². The maximum absolute atomic E-state index is 12.8. The van der Waals surface area contributed by atoms with E-state index in [9.17, 15) is 24.3 Å². The van der Waals surface area contributed by atoms with E-state index < -0.39 is 22.4 Å². The van der Waals surface area contributed by atoms with Gasteiger partial charge in [-0.05, 0) is 166 Å². The molecular weight excluding hydrogens is 644 g/mol. The SMILES string of the molecule is C=C(C)C(=O)Cl.C=C(C)C(=O)OC(C)(C)CCOC(=O)C12CC3CC(CC(C3)C1)C2.CC(C)(O)CCOC(=O)C12CC3CC(CC(C3)C1)C2. The van der Waals surface area contributed by atoms with Crippen LogP contribution in [0.2, 0.25) is 0 Å².